The second-order valence-corrected chi connectivity index (χ2v) is 5.78. The van der Waals surface area contributed by atoms with Crippen molar-refractivity contribution in [3.63, 3.8) is 0 Å². The molecule has 0 aromatic carbocycles. The van der Waals surface area contributed by atoms with Crippen LogP contribution < -0.4 is 10.9 Å². The molecule has 1 fully saturated rings. The number of hydrogen-bond donors (Lipinski definition) is 2. The van der Waals surface area contributed by atoms with Gasteiger partial charge >= 0.3 is 0 Å². The summed E-state index contributed by atoms with van der Waals surface area (Å²) in [7, 11) is 0. The van der Waals surface area contributed by atoms with Crippen molar-refractivity contribution in [3.8, 4) is 0 Å². The minimum Gasteiger partial charge on any atom is -0.381 e. The first-order chi connectivity index (χ1) is 9.24. The summed E-state index contributed by atoms with van der Waals surface area (Å²) in [6, 6.07) is 4.46. The molecule has 3 atom stereocenters. The molecule has 19 heavy (non-hydrogen) atoms. The molecule has 0 spiro atoms. The van der Waals surface area contributed by atoms with Crippen LogP contribution in [0.2, 0.25) is 0 Å². The Labute approximate surface area is 113 Å². The van der Waals surface area contributed by atoms with Gasteiger partial charge < -0.3 is 15.0 Å². The first-order valence-electron chi connectivity index (χ1n) is 7.30. The van der Waals surface area contributed by atoms with Crippen LogP contribution in [0.4, 0.5) is 0 Å². The van der Waals surface area contributed by atoms with Crippen LogP contribution in [0.15, 0.2) is 16.9 Å². The maximum Gasteiger partial charge on any atom is 0.248 e. The quantitative estimate of drug-likeness (QED) is 0.873. The van der Waals surface area contributed by atoms with Gasteiger partial charge in [-0.1, -0.05) is 6.07 Å². The molecule has 1 aromatic heterocycles. The van der Waals surface area contributed by atoms with Gasteiger partial charge in [-0.05, 0) is 44.1 Å². The van der Waals surface area contributed by atoms with Crippen LogP contribution in [-0.4, -0.2) is 24.2 Å². The number of aryl methyl sites for hydroxylation is 1. The van der Waals surface area contributed by atoms with Crippen molar-refractivity contribution < 1.29 is 4.74 Å². The van der Waals surface area contributed by atoms with E-state index in [1.165, 1.54) is 5.56 Å². The second kappa shape index (κ2) is 5.47. The lowest BCUT2D eigenvalue weighted by atomic mass is 9.89. The fourth-order valence-corrected chi connectivity index (χ4v) is 3.27. The third kappa shape index (κ3) is 2.74. The molecular formula is C15H22N2O2. The van der Waals surface area contributed by atoms with Gasteiger partial charge in [0.15, 0.2) is 0 Å². The molecule has 0 bridgehead atoms. The molecule has 0 saturated carbocycles. The first-order valence-corrected chi connectivity index (χ1v) is 7.30. The number of nitrogens with one attached hydrogen (secondary N) is 2. The summed E-state index contributed by atoms with van der Waals surface area (Å²) in [5, 5.41) is 3.73. The van der Waals surface area contributed by atoms with Gasteiger partial charge in [0.2, 0.25) is 5.56 Å². The largest absolute Gasteiger partial charge is 0.381 e. The van der Waals surface area contributed by atoms with E-state index in [1.54, 1.807) is 6.07 Å². The fraction of sp³-hybridized carbons (Fsp3) is 0.667. The van der Waals surface area contributed by atoms with Crippen LogP contribution in [0, 0.1) is 5.92 Å². The summed E-state index contributed by atoms with van der Waals surface area (Å²) < 4.78 is 5.47. The zero-order chi connectivity index (χ0) is 13.2. The Morgan fingerprint density at radius 3 is 3.11 bits per heavy atom. The Balaban J connectivity index is 1.74. The predicted molar refractivity (Wildman–Crippen MR) is 74.3 cm³/mol. The van der Waals surface area contributed by atoms with Crippen LogP contribution in [0.25, 0.3) is 0 Å². The average molecular weight is 262 g/mol. The van der Waals surface area contributed by atoms with E-state index < -0.39 is 0 Å². The lowest BCUT2D eigenvalue weighted by Crippen LogP contribution is -2.38. The van der Waals surface area contributed by atoms with E-state index in [0.717, 1.165) is 44.6 Å². The van der Waals surface area contributed by atoms with Crippen LogP contribution in [0.1, 0.15) is 43.5 Å². The zero-order valence-corrected chi connectivity index (χ0v) is 11.4. The Bertz CT molecular complexity index is 491. The van der Waals surface area contributed by atoms with Crippen molar-refractivity contribution in [3.05, 3.63) is 33.7 Å². The number of aromatic nitrogens is 1. The van der Waals surface area contributed by atoms with Crippen molar-refractivity contribution in [2.24, 2.45) is 5.92 Å². The lowest BCUT2D eigenvalue weighted by molar-refractivity contribution is 0.176. The molecule has 2 heterocycles. The third-order valence-electron chi connectivity index (χ3n) is 4.47. The van der Waals surface area contributed by atoms with Crippen molar-refractivity contribution in [1.82, 2.24) is 10.3 Å². The third-order valence-corrected chi connectivity index (χ3v) is 4.47. The molecule has 0 radical (unpaired) electrons. The molecule has 4 heteroatoms. The van der Waals surface area contributed by atoms with Gasteiger partial charge in [-0.2, -0.15) is 0 Å². The molecule has 2 N–H and O–H groups in total. The maximum atomic E-state index is 11.4. The van der Waals surface area contributed by atoms with Gasteiger partial charge in [-0.25, -0.2) is 0 Å². The monoisotopic (exact) mass is 262 g/mol. The van der Waals surface area contributed by atoms with E-state index in [1.807, 2.05) is 6.07 Å². The maximum absolute atomic E-state index is 11.4. The van der Waals surface area contributed by atoms with Crippen LogP contribution >= 0.6 is 0 Å². The SMILES string of the molecule is CC(NC1CCCc2[nH]c(=O)ccc21)C1CCOC1. The summed E-state index contributed by atoms with van der Waals surface area (Å²) in [4.78, 5) is 14.4. The standard InChI is InChI=1S/C15H22N2O2/c1-10(11-7-8-19-9-11)16-13-3-2-4-14-12(13)5-6-15(18)17-14/h5-6,10-11,13,16H,2-4,7-9H2,1H3,(H,17,18). The van der Waals surface area contributed by atoms with Gasteiger partial charge in [0.1, 0.15) is 0 Å². The van der Waals surface area contributed by atoms with E-state index >= 15 is 0 Å². The molecule has 104 valence electrons. The summed E-state index contributed by atoms with van der Waals surface area (Å²) in [6.07, 6.45) is 4.43. The molecule has 1 aromatic rings. The molecule has 3 unspecified atom stereocenters. The van der Waals surface area contributed by atoms with E-state index in [-0.39, 0.29) is 5.56 Å². The van der Waals surface area contributed by atoms with Crippen molar-refractivity contribution in [1.29, 1.82) is 0 Å². The predicted octanol–water partition coefficient (Wildman–Crippen LogP) is 1.77. The summed E-state index contributed by atoms with van der Waals surface area (Å²) in [6.45, 7) is 4.02. The van der Waals surface area contributed by atoms with Crippen LogP contribution in [0.3, 0.4) is 0 Å². The van der Waals surface area contributed by atoms with Crippen LogP contribution in [-0.2, 0) is 11.2 Å². The number of aromatic amines is 1. The highest BCUT2D eigenvalue weighted by atomic mass is 16.5. The molecule has 1 saturated heterocycles. The van der Waals surface area contributed by atoms with Gasteiger partial charge in [0.25, 0.3) is 0 Å². The molecule has 2 aliphatic rings. The van der Waals surface area contributed by atoms with Crippen molar-refractivity contribution in [2.45, 2.75) is 44.7 Å². The molecular weight excluding hydrogens is 240 g/mol. The summed E-state index contributed by atoms with van der Waals surface area (Å²) in [5.41, 5.74) is 2.40. The number of pyridine rings is 1. The Morgan fingerprint density at radius 2 is 2.32 bits per heavy atom. The zero-order valence-electron chi connectivity index (χ0n) is 11.4. The number of rotatable bonds is 3. The van der Waals surface area contributed by atoms with E-state index in [9.17, 15) is 4.79 Å². The first kappa shape index (κ1) is 12.9. The van der Waals surface area contributed by atoms with Crippen LogP contribution in [0.5, 0.6) is 0 Å². The smallest absolute Gasteiger partial charge is 0.248 e. The lowest BCUT2D eigenvalue weighted by Gasteiger charge is -2.30. The molecule has 0 amide bonds. The second-order valence-electron chi connectivity index (χ2n) is 5.78. The van der Waals surface area contributed by atoms with E-state index in [2.05, 4.69) is 17.2 Å². The molecule has 1 aliphatic carbocycles. The average Bonchev–Trinajstić information content (AvgIpc) is 2.92. The van der Waals surface area contributed by atoms with E-state index in [4.69, 9.17) is 4.74 Å². The highest BCUT2D eigenvalue weighted by molar-refractivity contribution is 5.26. The fourth-order valence-electron chi connectivity index (χ4n) is 3.27. The normalized spacial score (nSPS) is 28.1. The molecule has 3 rings (SSSR count). The molecule has 1 aliphatic heterocycles. The highest BCUT2D eigenvalue weighted by Gasteiger charge is 2.27. The molecule has 4 nitrogen and oxygen atoms in total. The number of fused-ring (bicyclic) bond motifs is 1. The Morgan fingerprint density at radius 1 is 1.42 bits per heavy atom. The summed E-state index contributed by atoms with van der Waals surface area (Å²) >= 11 is 0. The van der Waals surface area contributed by atoms with Gasteiger partial charge in [0, 0.05) is 30.5 Å². The summed E-state index contributed by atoms with van der Waals surface area (Å²) in [5.74, 6) is 0.619. The number of H-pyrrole nitrogens is 1. The van der Waals surface area contributed by atoms with Crippen molar-refractivity contribution in [2.75, 3.05) is 13.2 Å². The topological polar surface area (TPSA) is 54.1 Å². The van der Waals surface area contributed by atoms with Gasteiger partial charge in [-0.15, -0.1) is 0 Å². The Hall–Kier alpha value is -1.13. The minimum atomic E-state index is 0.0108. The number of hydrogen-bond acceptors (Lipinski definition) is 3. The minimum absolute atomic E-state index is 0.0108. The van der Waals surface area contributed by atoms with Crippen molar-refractivity contribution >= 4 is 0 Å². The van der Waals surface area contributed by atoms with Gasteiger partial charge in [0.05, 0.1) is 6.61 Å². The van der Waals surface area contributed by atoms with Gasteiger partial charge in [-0.3, -0.25) is 4.79 Å². The number of ether oxygens (including phenoxy) is 1. The Kier molecular flexibility index (Phi) is 3.71. The highest BCUT2D eigenvalue weighted by Crippen LogP contribution is 2.29. The van der Waals surface area contributed by atoms with E-state index in [0.29, 0.717) is 18.0 Å².